The van der Waals surface area contributed by atoms with E-state index < -0.39 is 0 Å². The number of ether oxygens (including phenoxy) is 1. The number of anilines is 1. The molecule has 0 fully saturated rings. The van der Waals surface area contributed by atoms with Crippen molar-refractivity contribution in [3.05, 3.63) is 81.3 Å². The minimum Gasteiger partial charge on any atom is -0.461 e. The predicted molar refractivity (Wildman–Crippen MR) is 120 cm³/mol. The minimum absolute atomic E-state index is 0.0873. The van der Waals surface area contributed by atoms with Gasteiger partial charge >= 0.3 is 0 Å². The molecule has 4 nitrogen and oxygen atoms in total. The Balaban J connectivity index is 1.68. The van der Waals surface area contributed by atoms with Gasteiger partial charge in [0.15, 0.2) is 0 Å². The molecule has 0 unspecified atom stereocenters. The third-order valence-corrected chi connectivity index (χ3v) is 5.84. The van der Waals surface area contributed by atoms with Crippen LogP contribution in [0.15, 0.2) is 53.1 Å². The van der Waals surface area contributed by atoms with Crippen LogP contribution in [0.2, 0.25) is 0 Å². The second-order valence-corrected chi connectivity index (χ2v) is 9.15. The van der Waals surface area contributed by atoms with E-state index in [1.807, 2.05) is 18.2 Å². The van der Waals surface area contributed by atoms with E-state index in [1.54, 1.807) is 6.08 Å². The number of allylic oxidation sites excluding steroid dienone is 6. The second-order valence-electron chi connectivity index (χ2n) is 9.15. The average Bonchev–Trinajstić information content (AvgIpc) is 2.73. The largest absolute Gasteiger partial charge is 0.461 e. The minimum atomic E-state index is -0.222. The third-order valence-electron chi connectivity index (χ3n) is 5.84. The lowest BCUT2D eigenvalue weighted by atomic mass is 9.90. The van der Waals surface area contributed by atoms with E-state index in [9.17, 15) is 5.26 Å². The van der Waals surface area contributed by atoms with Gasteiger partial charge in [-0.05, 0) is 78.3 Å². The molecule has 0 saturated heterocycles. The van der Waals surface area contributed by atoms with E-state index >= 15 is 0 Å². The molecule has 0 N–H and O–H groups in total. The quantitative estimate of drug-likeness (QED) is 0.458. The van der Waals surface area contributed by atoms with Crippen molar-refractivity contribution in [3.8, 4) is 6.07 Å². The van der Waals surface area contributed by atoms with Gasteiger partial charge in [0.25, 0.3) is 5.70 Å². The van der Waals surface area contributed by atoms with Crippen LogP contribution in [0.3, 0.4) is 0 Å². The fourth-order valence-electron chi connectivity index (χ4n) is 4.37. The number of nitriles is 1. The molecular formula is C26H27N3O. The zero-order valence-electron chi connectivity index (χ0n) is 18.0. The highest BCUT2D eigenvalue weighted by molar-refractivity contribution is 5.68. The van der Waals surface area contributed by atoms with E-state index in [2.05, 4.69) is 48.7 Å². The molecule has 0 bridgehead atoms. The second kappa shape index (κ2) is 7.88. The molecule has 4 rings (SSSR count). The Hall–Kier alpha value is -3.24. The van der Waals surface area contributed by atoms with Gasteiger partial charge in [-0.3, -0.25) is 0 Å². The van der Waals surface area contributed by atoms with E-state index in [4.69, 9.17) is 11.3 Å². The Labute approximate surface area is 179 Å². The summed E-state index contributed by atoms with van der Waals surface area (Å²) in [6, 6.07) is 6.60. The SMILES string of the molecule is [C-]#[N+]/C(C#N)=C1/C=C(C=Cc2cc3c4c(c2)CCCN4CCC3)OC(C(C)(C)C)=C1. The van der Waals surface area contributed by atoms with E-state index in [-0.39, 0.29) is 11.1 Å². The number of aryl methyl sites for hydroxylation is 2. The Kier molecular flexibility index (Phi) is 5.27. The van der Waals surface area contributed by atoms with Gasteiger partial charge in [0, 0.05) is 24.2 Å². The first kappa shape index (κ1) is 20.0. The lowest BCUT2D eigenvalue weighted by Gasteiger charge is -2.37. The van der Waals surface area contributed by atoms with Gasteiger partial charge in [-0.1, -0.05) is 26.8 Å². The fourth-order valence-corrected chi connectivity index (χ4v) is 4.37. The monoisotopic (exact) mass is 397 g/mol. The van der Waals surface area contributed by atoms with Gasteiger partial charge in [-0.2, -0.15) is 0 Å². The average molecular weight is 398 g/mol. The van der Waals surface area contributed by atoms with Crippen LogP contribution in [0.1, 0.15) is 50.3 Å². The van der Waals surface area contributed by atoms with Crippen molar-refractivity contribution in [2.45, 2.75) is 46.5 Å². The molecule has 0 saturated carbocycles. The molecule has 1 aromatic carbocycles. The maximum atomic E-state index is 9.32. The number of benzene rings is 1. The molecule has 3 aliphatic rings. The molecule has 0 atom stereocenters. The van der Waals surface area contributed by atoms with Crippen molar-refractivity contribution in [1.29, 1.82) is 5.26 Å². The topological polar surface area (TPSA) is 40.6 Å². The van der Waals surface area contributed by atoms with Crippen LogP contribution < -0.4 is 4.90 Å². The predicted octanol–water partition coefficient (Wildman–Crippen LogP) is 5.94. The highest BCUT2D eigenvalue weighted by Crippen LogP contribution is 2.37. The number of hydrogen-bond donors (Lipinski definition) is 0. The summed E-state index contributed by atoms with van der Waals surface area (Å²) in [6.07, 6.45) is 12.3. The van der Waals surface area contributed by atoms with Crippen LogP contribution in [0.4, 0.5) is 5.69 Å². The summed E-state index contributed by atoms with van der Waals surface area (Å²) in [7, 11) is 0. The van der Waals surface area contributed by atoms with Gasteiger partial charge in [0.1, 0.15) is 11.5 Å². The molecule has 0 spiro atoms. The van der Waals surface area contributed by atoms with Gasteiger partial charge in [0.2, 0.25) is 0 Å². The number of nitrogens with zero attached hydrogens (tertiary/aromatic N) is 3. The summed E-state index contributed by atoms with van der Waals surface area (Å²) in [4.78, 5) is 5.92. The molecule has 3 heterocycles. The van der Waals surface area contributed by atoms with Gasteiger partial charge in [0.05, 0.1) is 12.6 Å². The van der Waals surface area contributed by atoms with Gasteiger partial charge < -0.3 is 9.64 Å². The van der Waals surface area contributed by atoms with Crippen LogP contribution >= 0.6 is 0 Å². The fraction of sp³-hybridized carbons (Fsp3) is 0.385. The summed E-state index contributed by atoms with van der Waals surface area (Å²) in [5, 5.41) is 9.32. The molecule has 152 valence electrons. The summed E-state index contributed by atoms with van der Waals surface area (Å²) >= 11 is 0. The number of hydrogen-bond acceptors (Lipinski definition) is 3. The summed E-state index contributed by atoms with van der Waals surface area (Å²) in [5.74, 6) is 1.41. The Morgan fingerprint density at radius 3 is 2.37 bits per heavy atom. The molecule has 3 aliphatic heterocycles. The molecule has 4 heteroatoms. The summed E-state index contributed by atoms with van der Waals surface area (Å²) in [6.45, 7) is 15.8. The Morgan fingerprint density at radius 1 is 1.13 bits per heavy atom. The molecule has 0 amide bonds. The zero-order chi connectivity index (χ0) is 21.3. The van der Waals surface area contributed by atoms with Crippen molar-refractivity contribution in [3.63, 3.8) is 0 Å². The van der Waals surface area contributed by atoms with Crippen LogP contribution in [0, 0.1) is 23.3 Å². The maximum Gasteiger partial charge on any atom is 0.269 e. The van der Waals surface area contributed by atoms with Crippen LogP contribution in [0.5, 0.6) is 0 Å². The van der Waals surface area contributed by atoms with E-state index in [0.29, 0.717) is 11.3 Å². The van der Waals surface area contributed by atoms with Gasteiger partial charge in [-0.15, -0.1) is 0 Å². The normalized spacial score (nSPS) is 19.8. The van der Waals surface area contributed by atoms with Gasteiger partial charge in [-0.25, -0.2) is 10.1 Å². The highest BCUT2D eigenvalue weighted by Gasteiger charge is 2.25. The van der Waals surface area contributed by atoms with E-state index in [1.165, 1.54) is 48.3 Å². The number of rotatable bonds is 2. The summed E-state index contributed by atoms with van der Waals surface area (Å²) < 4.78 is 6.12. The first-order chi connectivity index (χ1) is 14.4. The summed E-state index contributed by atoms with van der Waals surface area (Å²) in [5.41, 5.74) is 6.03. The molecule has 30 heavy (non-hydrogen) atoms. The first-order valence-electron chi connectivity index (χ1n) is 10.6. The van der Waals surface area contributed by atoms with E-state index in [0.717, 1.165) is 18.6 Å². The first-order valence-corrected chi connectivity index (χ1v) is 10.6. The molecule has 1 aromatic rings. The highest BCUT2D eigenvalue weighted by atomic mass is 16.5. The Bertz CT molecular complexity index is 1030. The smallest absolute Gasteiger partial charge is 0.269 e. The molecule has 0 aliphatic carbocycles. The van der Waals surface area contributed by atoms with Crippen molar-refractivity contribution < 1.29 is 4.74 Å². The lowest BCUT2D eigenvalue weighted by molar-refractivity contribution is 0.223. The molecule has 0 radical (unpaired) electrons. The van der Waals surface area contributed by atoms with Crippen molar-refractivity contribution in [2.75, 3.05) is 18.0 Å². The van der Waals surface area contributed by atoms with Crippen LogP contribution in [-0.2, 0) is 17.6 Å². The zero-order valence-corrected chi connectivity index (χ0v) is 18.0. The Morgan fingerprint density at radius 2 is 1.80 bits per heavy atom. The molecular weight excluding hydrogens is 370 g/mol. The van der Waals surface area contributed by atoms with Crippen molar-refractivity contribution in [2.24, 2.45) is 5.41 Å². The van der Waals surface area contributed by atoms with Crippen molar-refractivity contribution in [1.82, 2.24) is 0 Å². The standard InChI is InChI=1S/C26H27N3O/c1-26(2,3)24-16-21(23(17-27)28-4)15-22(30-24)10-9-18-13-19-7-5-11-29-12-6-8-20(14-18)25(19)29/h9-10,13-16H,5-8,11-12H2,1-3H3/b10-9?,23-21-. The maximum absolute atomic E-state index is 9.32. The van der Waals surface area contributed by atoms with Crippen LogP contribution in [-0.4, -0.2) is 13.1 Å². The molecule has 0 aromatic heterocycles. The van der Waals surface area contributed by atoms with Crippen molar-refractivity contribution >= 4 is 11.8 Å². The van der Waals surface area contributed by atoms with Crippen LogP contribution in [0.25, 0.3) is 10.9 Å². The third kappa shape index (κ3) is 3.91. The lowest BCUT2D eigenvalue weighted by Crippen LogP contribution is -2.34.